The van der Waals surface area contributed by atoms with Crippen molar-refractivity contribution in [1.82, 2.24) is 0 Å². The largest absolute Gasteiger partial charge is 0.469 e. The van der Waals surface area contributed by atoms with Crippen LogP contribution in [0.4, 0.5) is 0 Å². The zero-order valence-corrected chi connectivity index (χ0v) is 6.56. The average molecular weight is 164 g/mol. The van der Waals surface area contributed by atoms with E-state index in [1.165, 1.54) is 14.0 Å². The molecule has 0 amide bonds. The van der Waals surface area contributed by atoms with Gasteiger partial charge in [-0.2, -0.15) is 8.42 Å². The maximum atomic E-state index is 10.4. The number of hydrogen-bond acceptors (Lipinski definition) is 4. The Morgan fingerprint density at radius 1 is 1.50 bits per heavy atom. The van der Waals surface area contributed by atoms with Crippen LogP contribution in [0, 0.1) is 0 Å². The van der Waals surface area contributed by atoms with Crippen molar-refractivity contribution >= 4 is 21.1 Å². The maximum Gasteiger partial charge on any atom is 0.310 e. The number of esters is 1. The highest BCUT2D eigenvalue weighted by atomic mass is 32.2. The zero-order valence-electron chi connectivity index (χ0n) is 5.75. The summed E-state index contributed by atoms with van der Waals surface area (Å²) in [7, 11) is -1.06. The van der Waals surface area contributed by atoms with Gasteiger partial charge in [-0.1, -0.05) is 0 Å². The van der Waals surface area contributed by atoms with E-state index < -0.39 is 16.3 Å². The molecule has 0 fully saturated rings. The summed E-state index contributed by atoms with van der Waals surface area (Å²) in [6.45, 7) is 1.36. The monoisotopic (exact) mass is 164 g/mol. The van der Waals surface area contributed by atoms with E-state index in [4.69, 9.17) is 0 Å². The Bertz CT molecular complexity index is 241. The van der Waals surface area contributed by atoms with Gasteiger partial charge in [0.05, 0.1) is 18.4 Å². The molecule has 0 atom stereocenters. The van der Waals surface area contributed by atoms with E-state index in [-0.39, 0.29) is 11.3 Å². The SMILES string of the molecule is COC(=O)CC(C)=S(=O)=O. The lowest BCUT2D eigenvalue weighted by Gasteiger charge is -1.92. The van der Waals surface area contributed by atoms with Gasteiger partial charge in [0, 0.05) is 0 Å². The number of ether oxygens (including phenoxy) is 1. The van der Waals surface area contributed by atoms with Crippen LogP contribution in [0.15, 0.2) is 0 Å². The van der Waals surface area contributed by atoms with Gasteiger partial charge in [-0.05, 0) is 6.92 Å². The zero-order chi connectivity index (χ0) is 8.15. The predicted molar refractivity (Wildman–Crippen MR) is 36.2 cm³/mol. The second-order valence-corrected chi connectivity index (χ2v) is 2.86. The van der Waals surface area contributed by atoms with Gasteiger partial charge in [0.25, 0.3) is 0 Å². The smallest absolute Gasteiger partial charge is 0.310 e. The van der Waals surface area contributed by atoms with Gasteiger partial charge in [-0.3, -0.25) is 4.79 Å². The molecule has 0 unspecified atom stereocenters. The number of carbonyl (C=O) groups is 1. The lowest BCUT2D eigenvalue weighted by molar-refractivity contribution is -0.139. The highest BCUT2D eigenvalue weighted by molar-refractivity contribution is 7.73. The lowest BCUT2D eigenvalue weighted by Crippen LogP contribution is -2.06. The van der Waals surface area contributed by atoms with Crippen LogP contribution in [-0.2, 0) is 19.8 Å². The van der Waals surface area contributed by atoms with Crippen molar-refractivity contribution in [3.8, 4) is 0 Å². The van der Waals surface area contributed by atoms with Crippen molar-refractivity contribution < 1.29 is 17.9 Å². The fraction of sp³-hybridized carbons (Fsp3) is 0.600. The normalized spacial score (nSPS) is 8.60. The molecule has 5 heteroatoms. The van der Waals surface area contributed by atoms with E-state index in [0.717, 1.165) is 0 Å². The summed E-state index contributed by atoms with van der Waals surface area (Å²) in [6, 6.07) is 0. The molecule has 0 aliphatic carbocycles. The molecule has 0 aromatic rings. The van der Waals surface area contributed by atoms with Gasteiger partial charge in [-0.25, -0.2) is 0 Å². The number of methoxy groups -OCH3 is 1. The van der Waals surface area contributed by atoms with Gasteiger partial charge in [0.1, 0.15) is 0 Å². The highest BCUT2D eigenvalue weighted by Gasteiger charge is 2.02. The molecule has 0 heterocycles. The van der Waals surface area contributed by atoms with E-state index in [1.54, 1.807) is 0 Å². The van der Waals surface area contributed by atoms with Crippen LogP contribution in [-0.4, -0.2) is 26.4 Å². The highest BCUT2D eigenvalue weighted by Crippen LogP contribution is 1.85. The summed E-state index contributed by atoms with van der Waals surface area (Å²) in [5.74, 6) is -0.540. The van der Waals surface area contributed by atoms with Gasteiger partial charge in [-0.15, -0.1) is 0 Å². The average Bonchev–Trinajstić information content (AvgIpc) is 1.87. The third kappa shape index (κ3) is 3.24. The second-order valence-electron chi connectivity index (χ2n) is 1.69. The maximum absolute atomic E-state index is 10.4. The number of carbonyl (C=O) groups excluding carboxylic acids is 1. The summed E-state index contributed by atoms with van der Waals surface area (Å²) < 4.78 is 24.4. The molecule has 0 aromatic heterocycles. The second kappa shape index (κ2) is 4.05. The molecule has 0 aromatic carbocycles. The molecule has 0 saturated carbocycles. The van der Waals surface area contributed by atoms with Crippen LogP contribution in [0.2, 0.25) is 0 Å². The topological polar surface area (TPSA) is 60.4 Å². The van der Waals surface area contributed by atoms with Gasteiger partial charge in [0.2, 0.25) is 10.3 Å². The first-order valence-electron chi connectivity index (χ1n) is 2.56. The molecule has 0 saturated heterocycles. The molecule has 0 aliphatic rings. The van der Waals surface area contributed by atoms with Gasteiger partial charge in [0.15, 0.2) is 0 Å². The Hall–Kier alpha value is -0.840. The van der Waals surface area contributed by atoms with E-state index >= 15 is 0 Å². The first-order valence-corrected chi connectivity index (χ1v) is 3.64. The summed E-state index contributed by atoms with van der Waals surface area (Å²) in [4.78, 5) is 10.5. The van der Waals surface area contributed by atoms with Gasteiger partial charge < -0.3 is 4.74 Å². The summed E-state index contributed by atoms with van der Waals surface area (Å²) in [6.07, 6.45) is -0.160. The molecule has 10 heavy (non-hydrogen) atoms. The van der Waals surface area contributed by atoms with E-state index in [0.29, 0.717) is 0 Å². The standard InChI is InChI=1S/C5H8O4S/c1-4(10(7)8)3-5(6)9-2/h3H2,1-2H3. The first kappa shape index (κ1) is 9.16. The van der Waals surface area contributed by atoms with Crippen molar-refractivity contribution in [2.45, 2.75) is 13.3 Å². The molecular formula is C5H8O4S. The molecular weight excluding hydrogens is 156 g/mol. The molecule has 58 valence electrons. The quantitative estimate of drug-likeness (QED) is 0.412. The van der Waals surface area contributed by atoms with Crippen molar-refractivity contribution in [2.24, 2.45) is 0 Å². The van der Waals surface area contributed by atoms with Crippen molar-refractivity contribution in [3.63, 3.8) is 0 Å². The minimum Gasteiger partial charge on any atom is -0.469 e. The molecule has 0 spiro atoms. The fourth-order valence-corrected chi connectivity index (χ4v) is 0.570. The first-order chi connectivity index (χ1) is 4.57. The van der Waals surface area contributed by atoms with Gasteiger partial charge >= 0.3 is 5.97 Å². The Labute approximate surface area is 60.3 Å². The number of rotatable bonds is 2. The van der Waals surface area contributed by atoms with Crippen LogP contribution >= 0.6 is 0 Å². The van der Waals surface area contributed by atoms with Crippen LogP contribution in [0.1, 0.15) is 13.3 Å². The Morgan fingerprint density at radius 2 is 2.00 bits per heavy atom. The van der Waals surface area contributed by atoms with Crippen molar-refractivity contribution in [1.29, 1.82) is 0 Å². The Kier molecular flexibility index (Phi) is 3.71. The molecule has 0 bridgehead atoms. The Balaban J connectivity index is 4.20. The van der Waals surface area contributed by atoms with Crippen LogP contribution in [0.5, 0.6) is 0 Å². The Morgan fingerprint density at radius 3 is 2.30 bits per heavy atom. The summed E-state index contributed by atoms with van der Waals surface area (Å²) in [5.41, 5.74) is 0. The molecule has 0 rings (SSSR count). The molecule has 0 radical (unpaired) electrons. The predicted octanol–water partition coefficient (Wildman–Crippen LogP) is -0.379. The third-order valence-corrected chi connectivity index (χ3v) is 1.62. The van der Waals surface area contributed by atoms with Crippen molar-refractivity contribution in [3.05, 3.63) is 0 Å². The molecule has 4 nitrogen and oxygen atoms in total. The number of hydrogen-bond donors (Lipinski definition) is 0. The third-order valence-electron chi connectivity index (χ3n) is 0.905. The molecule has 0 N–H and O–H groups in total. The van der Waals surface area contributed by atoms with E-state index in [1.807, 2.05) is 0 Å². The van der Waals surface area contributed by atoms with E-state index in [9.17, 15) is 13.2 Å². The fourth-order valence-electron chi connectivity index (χ4n) is 0.334. The van der Waals surface area contributed by atoms with Crippen LogP contribution in [0.25, 0.3) is 0 Å². The van der Waals surface area contributed by atoms with Crippen LogP contribution < -0.4 is 0 Å². The van der Waals surface area contributed by atoms with Crippen LogP contribution in [0.3, 0.4) is 0 Å². The lowest BCUT2D eigenvalue weighted by atomic mass is 10.3. The van der Waals surface area contributed by atoms with E-state index in [2.05, 4.69) is 4.74 Å². The minimum absolute atomic E-state index is 0.0897. The van der Waals surface area contributed by atoms with Crippen molar-refractivity contribution in [2.75, 3.05) is 7.11 Å². The molecule has 0 aliphatic heterocycles. The minimum atomic E-state index is -2.27. The summed E-state index contributed by atoms with van der Waals surface area (Å²) in [5, 5.41) is 0. The summed E-state index contributed by atoms with van der Waals surface area (Å²) >= 11 is 0.